The van der Waals surface area contributed by atoms with Gasteiger partial charge in [-0.2, -0.15) is 0 Å². The summed E-state index contributed by atoms with van der Waals surface area (Å²) in [7, 11) is 0. The van der Waals surface area contributed by atoms with Crippen molar-refractivity contribution in [3.8, 4) is 0 Å². The normalized spacial score (nSPS) is 35.3. The molecule has 1 heterocycles. The summed E-state index contributed by atoms with van der Waals surface area (Å²) >= 11 is 3.94. The van der Waals surface area contributed by atoms with E-state index in [4.69, 9.17) is 4.74 Å². The molecule has 1 aromatic carbocycles. The van der Waals surface area contributed by atoms with Gasteiger partial charge >= 0.3 is 5.97 Å². The number of hydrogen-bond acceptors (Lipinski definition) is 4. The molecule has 1 aromatic heterocycles. The van der Waals surface area contributed by atoms with Crippen LogP contribution in [0.2, 0.25) is 0 Å². The number of halogens is 1. The third-order valence-electron chi connectivity index (χ3n) is 6.72. The second-order valence-electron chi connectivity index (χ2n) is 8.91. The number of ether oxygens (including phenoxy) is 1. The standard InChI is InChI=1S/C21H23BrN2O3/c1-12(17-23-16-5-3-2-4-15(16)18(25)24-17)27-19(26)20-7-13-6-14(8-20)10-21(22,9-13)11-20/h2-5,12-14H,6-11H2,1H3,(H,23,24,25). The van der Waals surface area contributed by atoms with Crippen LogP contribution in [0.3, 0.4) is 0 Å². The highest BCUT2D eigenvalue weighted by Crippen LogP contribution is 2.64. The summed E-state index contributed by atoms with van der Waals surface area (Å²) in [5, 5.41) is 0.544. The number of nitrogens with one attached hydrogen (secondary N) is 1. The minimum atomic E-state index is -0.575. The molecule has 6 rings (SSSR count). The molecule has 3 atom stereocenters. The number of carbonyl (C=O) groups is 1. The highest BCUT2D eigenvalue weighted by atomic mass is 79.9. The molecule has 4 aliphatic rings. The summed E-state index contributed by atoms with van der Waals surface area (Å²) in [6.45, 7) is 1.79. The van der Waals surface area contributed by atoms with Crippen LogP contribution < -0.4 is 5.56 Å². The molecule has 4 bridgehead atoms. The van der Waals surface area contributed by atoms with Gasteiger partial charge in [-0.3, -0.25) is 9.59 Å². The first kappa shape index (κ1) is 17.4. The SMILES string of the molecule is CC(OC(=O)C12CC3CC(CC(Br)(C3)C1)C2)c1nc2ccccc2c(=O)[nH]1. The molecule has 6 heteroatoms. The zero-order valence-corrected chi connectivity index (χ0v) is 16.9. The number of fused-ring (bicyclic) bond motifs is 1. The molecule has 2 aromatic rings. The lowest BCUT2D eigenvalue weighted by Crippen LogP contribution is -2.56. The number of alkyl halides is 1. The van der Waals surface area contributed by atoms with Gasteiger partial charge in [-0.05, 0) is 69.4 Å². The Morgan fingerprint density at radius 1 is 1.26 bits per heavy atom. The van der Waals surface area contributed by atoms with Crippen molar-refractivity contribution in [1.29, 1.82) is 0 Å². The van der Waals surface area contributed by atoms with Gasteiger partial charge in [-0.1, -0.05) is 28.1 Å². The summed E-state index contributed by atoms with van der Waals surface area (Å²) in [5.41, 5.74) is 0.0417. The Hall–Kier alpha value is -1.69. The summed E-state index contributed by atoms with van der Waals surface area (Å²) in [6, 6.07) is 7.20. The lowest BCUT2D eigenvalue weighted by molar-refractivity contribution is -0.175. The maximum Gasteiger partial charge on any atom is 0.312 e. The van der Waals surface area contributed by atoms with E-state index >= 15 is 0 Å². The van der Waals surface area contributed by atoms with Gasteiger partial charge < -0.3 is 9.72 Å². The van der Waals surface area contributed by atoms with E-state index in [9.17, 15) is 9.59 Å². The fourth-order valence-electron chi connectivity index (χ4n) is 6.03. The van der Waals surface area contributed by atoms with E-state index in [1.165, 1.54) is 19.3 Å². The van der Waals surface area contributed by atoms with Crippen LogP contribution in [0.25, 0.3) is 10.9 Å². The number of esters is 1. The Balaban J connectivity index is 1.41. The number of carbonyl (C=O) groups excluding carboxylic acids is 1. The van der Waals surface area contributed by atoms with Gasteiger partial charge in [0, 0.05) is 4.32 Å². The van der Waals surface area contributed by atoms with Gasteiger partial charge in [-0.25, -0.2) is 4.98 Å². The largest absolute Gasteiger partial charge is 0.454 e. The summed E-state index contributed by atoms with van der Waals surface area (Å²) in [6.07, 6.45) is 5.75. The average Bonchev–Trinajstić information content (AvgIpc) is 2.59. The van der Waals surface area contributed by atoms with Crippen LogP contribution in [0.15, 0.2) is 29.1 Å². The molecule has 0 aliphatic heterocycles. The number of hydrogen-bond donors (Lipinski definition) is 1. The third kappa shape index (κ3) is 2.84. The smallest absolute Gasteiger partial charge is 0.312 e. The molecule has 4 fully saturated rings. The molecule has 0 radical (unpaired) electrons. The van der Waals surface area contributed by atoms with E-state index < -0.39 is 6.10 Å². The second-order valence-corrected chi connectivity index (χ2v) is 10.6. The fourth-order valence-corrected chi connectivity index (χ4v) is 7.48. The van der Waals surface area contributed by atoms with E-state index in [2.05, 4.69) is 25.9 Å². The highest BCUT2D eigenvalue weighted by Gasteiger charge is 2.60. The van der Waals surface area contributed by atoms with Crippen molar-refractivity contribution < 1.29 is 9.53 Å². The van der Waals surface area contributed by atoms with Crippen LogP contribution >= 0.6 is 15.9 Å². The first-order valence-electron chi connectivity index (χ1n) is 9.75. The fraction of sp³-hybridized carbons (Fsp3) is 0.571. The summed E-state index contributed by atoms with van der Waals surface area (Å²) in [4.78, 5) is 32.8. The van der Waals surface area contributed by atoms with Crippen molar-refractivity contribution in [3.63, 3.8) is 0 Å². The Morgan fingerprint density at radius 3 is 2.67 bits per heavy atom. The minimum absolute atomic E-state index is 0.106. The Labute approximate surface area is 166 Å². The van der Waals surface area contributed by atoms with Crippen molar-refractivity contribution in [2.75, 3.05) is 0 Å². The molecule has 27 heavy (non-hydrogen) atoms. The minimum Gasteiger partial charge on any atom is -0.454 e. The average molecular weight is 431 g/mol. The second kappa shape index (κ2) is 5.90. The van der Waals surface area contributed by atoms with Crippen LogP contribution in [0.1, 0.15) is 57.4 Å². The highest BCUT2D eigenvalue weighted by molar-refractivity contribution is 9.10. The maximum atomic E-state index is 13.2. The number of aromatic amines is 1. The van der Waals surface area contributed by atoms with Crippen LogP contribution in [-0.2, 0) is 9.53 Å². The van der Waals surface area contributed by atoms with Crippen LogP contribution in [0, 0.1) is 17.3 Å². The van der Waals surface area contributed by atoms with Crippen molar-refractivity contribution in [1.82, 2.24) is 9.97 Å². The first-order valence-corrected chi connectivity index (χ1v) is 10.5. The predicted molar refractivity (Wildman–Crippen MR) is 106 cm³/mol. The molecule has 0 saturated heterocycles. The molecule has 1 N–H and O–H groups in total. The zero-order chi connectivity index (χ0) is 18.8. The quantitative estimate of drug-likeness (QED) is 0.582. The summed E-state index contributed by atoms with van der Waals surface area (Å²) in [5.74, 6) is 1.52. The molecule has 4 saturated carbocycles. The number of para-hydroxylation sites is 1. The lowest BCUT2D eigenvalue weighted by Gasteiger charge is -2.58. The lowest BCUT2D eigenvalue weighted by atomic mass is 9.49. The zero-order valence-electron chi connectivity index (χ0n) is 15.3. The number of nitrogens with zero attached hydrogens (tertiary/aromatic N) is 1. The first-order chi connectivity index (χ1) is 12.9. The van der Waals surface area contributed by atoms with Gasteiger partial charge in [-0.15, -0.1) is 0 Å². The van der Waals surface area contributed by atoms with E-state index in [0.29, 0.717) is 28.6 Å². The third-order valence-corrected chi connectivity index (χ3v) is 7.65. The topological polar surface area (TPSA) is 72.0 Å². The van der Waals surface area contributed by atoms with E-state index in [1.807, 2.05) is 12.1 Å². The Bertz CT molecular complexity index is 971. The van der Waals surface area contributed by atoms with Gasteiger partial charge in [0.25, 0.3) is 5.56 Å². The molecule has 5 nitrogen and oxygen atoms in total. The van der Waals surface area contributed by atoms with E-state index in [1.54, 1.807) is 19.1 Å². The predicted octanol–water partition coefficient (Wildman–Crippen LogP) is 4.26. The summed E-state index contributed by atoms with van der Waals surface area (Å²) < 4.78 is 5.98. The van der Waals surface area contributed by atoms with E-state index in [-0.39, 0.29) is 21.3 Å². The molecule has 4 aliphatic carbocycles. The van der Waals surface area contributed by atoms with Crippen LogP contribution in [-0.4, -0.2) is 20.3 Å². The van der Waals surface area contributed by atoms with Gasteiger partial charge in [0.15, 0.2) is 11.9 Å². The molecule has 3 unspecified atom stereocenters. The number of rotatable bonds is 3. The number of benzene rings is 1. The monoisotopic (exact) mass is 430 g/mol. The Kier molecular flexibility index (Phi) is 3.81. The van der Waals surface area contributed by atoms with Gasteiger partial charge in [0.2, 0.25) is 0 Å². The van der Waals surface area contributed by atoms with Gasteiger partial charge in [0.05, 0.1) is 16.3 Å². The molecule has 142 valence electrons. The molecule has 0 spiro atoms. The Morgan fingerprint density at radius 2 is 1.96 bits per heavy atom. The van der Waals surface area contributed by atoms with Crippen molar-refractivity contribution in [2.45, 2.75) is 55.9 Å². The maximum absolute atomic E-state index is 13.2. The van der Waals surface area contributed by atoms with Crippen molar-refractivity contribution >= 4 is 32.8 Å². The number of aromatic nitrogens is 2. The molecule has 0 amide bonds. The molecular formula is C21H23BrN2O3. The van der Waals surface area contributed by atoms with Gasteiger partial charge in [0.1, 0.15) is 0 Å². The van der Waals surface area contributed by atoms with Crippen molar-refractivity contribution in [3.05, 3.63) is 40.4 Å². The van der Waals surface area contributed by atoms with E-state index in [0.717, 1.165) is 19.3 Å². The van der Waals surface area contributed by atoms with Crippen LogP contribution in [0.4, 0.5) is 0 Å². The molecular weight excluding hydrogens is 408 g/mol. The number of H-pyrrole nitrogens is 1. The van der Waals surface area contributed by atoms with Crippen molar-refractivity contribution in [2.24, 2.45) is 17.3 Å². The van der Waals surface area contributed by atoms with Crippen LogP contribution in [0.5, 0.6) is 0 Å².